The summed E-state index contributed by atoms with van der Waals surface area (Å²) in [5, 5.41) is 13.3. The third-order valence-electron chi connectivity index (χ3n) is 4.13. The number of piperazine rings is 1. The van der Waals surface area contributed by atoms with Gasteiger partial charge in [0.25, 0.3) is 0 Å². The largest absolute Gasteiger partial charge is 0.392 e. The number of aryl methyl sites for hydroxylation is 1. The lowest BCUT2D eigenvalue weighted by Crippen LogP contribution is -2.49. The van der Waals surface area contributed by atoms with Crippen molar-refractivity contribution in [1.82, 2.24) is 19.6 Å². The van der Waals surface area contributed by atoms with Crippen LogP contribution in [-0.2, 0) is 13.2 Å². The van der Waals surface area contributed by atoms with Crippen LogP contribution in [0.2, 0.25) is 0 Å². The Bertz CT molecular complexity index is 675. The highest BCUT2D eigenvalue weighted by atomic mass is 16.3. The van der Waals surface area contributed by atoms with Gasteiger partial charge in [0.05, 0.1) is 12.8 Å². The van der Waals surface area contributed by atoms with Crippen molar-refractivity contribution in [3.05, 3.63) is 53.3 Å². The topological polar surface area (TPSA) is 61.6 Å². The van der Waals surface area contributed by atoms with Gasteiger partial charge in [-0.15, -0.1) is 0 Å². The quantitative estimate of drug-likeness (QED) is 0.932. The highest BCUT2D eigenvalue weighted by Crippen LogP contribution is 2.11. The molecule has 0 aliphatic carbocycles. The Morgan fingerprint density at radius 1 is 1.22 bits per heavy atom. The van der Waals surface area contributed by atoms with E-state index in [0.29, 0.717) is 13.1 Å². The molecule has 0 spiro atoms. The number of carbonyl (C=O) groups excluding carboxylic acids is 1. The standard InChI is InChI=1S/C17H22N4O2/c1-14-10-18-21(11-14)17(23)20-7-5-19(6-8-20)12-15-3-2-4-16(9-15)13-22/h2-4,9-11,22H,5-8,12-13H2,1H3. The maximum absolute atomic E-state index is 12.3. The summed E-state index contributed by atoms with van der Waals surface area (Å²) in [6.45, 7) is 5.94. The van der Waals surface area contributed by atoms with Gasteiger partial charge in [0.2, 0.25) is 0 Å². The third-order valence-corrected chi connectivity index (χ3v) is 4.13. The van der Waals surface area contributed by atoms with E-state index >= 15 is 0 Å². The molecule has 0 radical (unpaired) electrons. The minimum absolute atomic E-state index is 0.0555. The molecule has 1 N–H and O–H groups in total. The normalized spacial score (nSPS) is 15.8. The van der Waals surface area contributed by atoms with Gasteiger partial charge >= 0.3 is 6.03 Å². The Morgan fingerprint density at radius 2 is 1.96 bits per heavy atom. The van der Waals surface area contributed by atoms with Gasteiger partial charge in [-0.05, 0) is 23.6 Å². The fraction of sp³-hybridized carbons (Fsp3) is 0.412. The zero-order valence-electron chi connectivity index (χ0n) is 13.4. The van der Waals surface area contributed by atoms with E-state index in [1.165, 1.54) is 10.2 Å². The van der Waals surface area contributed by atoms with Crippen LogP contribution in [0.4, 0.5) is 4.79 Å². The summed E-state index contributed by atoms with van der Waals surface area (Å²) in [6, 6.07) is 7.94. The van der Waals surface area contributed by atoms with Crippen LogP contribution in [-0.4, -0.2) is 56.9 Å². The molecule has 1 aliphatic rings. The van der Waals surface area contributed by atoms with Gasteiger partial charge in [-0.25, -0.2) is 4.79 Å². The number of aliphatic hydroxyl groups excluding tert-OH is 1. The molecule has 1 saturated heterocycles. The van der Waals surface area contributed by atoms with Gasteiger partial charge in [-0.2, -0.15) is 9.78 Å². The summed E-state index contributed by atoms with van der Waals surface area (Å²) in [5.41, 5.74) is 3.12. The molecule has 0 atom stereocenters. The summed E-state index contributed by atoms with van der Waals surface area (Å²) in [5.74, 6) is 0. The van der Waals surface area contributed by atoms with Crippen molar-refractivity contribution in [1.29, 1.82) is 0 Å². The molecule has 1 aromatic heterocycles. The second-order valence-corrected chi connectivity index (χ2v) is 5.99. The fourth-order valence-corrected chi connectivity index (χ4v) is 2.84. The van der Waals surface area contributed by atoms with Crippen LogP contribution in [0.1, 0.15) is 16.7 Å². The van der Waals surface area contributed by atoms with Gasteiger partial charge in [0.15, 0.2) is 0 Å². The number of nitrogens with zero attached hydrogens (tertiary/aromatic N) is 4. The molecule has 6 heteroatoms. The lowest BCUT2D eigenvalue weighted by molar-refractivity contribution is 0.134. The predicted molar refractivity (Wildman–Crippen MR) is 87.0 cm³/mol. The summed E-state index contributed by atoms with van der Waals surface area (Å²) in [7, 11) is 0. The molecule has 0 bridgehead atoms. The van der Waals surface area contributed by atoms with Crippen molar-refractivity contribution < 1.29 is 9.90 Å². The van der Waals surface area contributed by atoms with E-state index in [-0.39, 0.29) is 12.6 Å². The second kappa shape index (κ2) is 6.93. The number of aromatic nitrogens is 2. The van der Waals surface area contributed by atoms with Gasteiger partial charge in [-0.1, -0.05) is 24.3 Å². The Labute approximate surface area is 135 Å². The monoisotopic (exact) mass is 314 g/mol. The van der Waals surface area contributed by atoms with Crippen molar-refractivity contribution in [2.45, 2.75) is 20.1 Å². The third kappa shape index (κ3) is 3.78. The van der Waals surface area contributed by atoms with E-state index in [9.17, 15) is 9.90 Å². The van der Waals surface area contributed by atoms with Crippen LogP contribution in [0.3, 0.4) is 0 Å². The van der Waals surface area contributed by atoms with Crippen LogP contribution in [0, 0.1) is 6.92 Å². The Kier molecular flexibility index (Phi) is 4.73. The molecular weight excluding hydrogens is 292 g/mol. The zero-order chi connectivity index (χ0) is 16.2. The lowest BCUT2D eigenvalue weighted by atomic mass is 10.1. The molecule has 2 aromatic rings. The fourth-order valence-electron chi connectivity index (χ4n) is 2.84. The number of benzene rings is 1. The van der Waals surface area contributed by atoms with Crippen LogP contribution in [0.5, 0.6) is 0 Å². The minimum Gasteiger partial charge on any atom is -0.392 e. The number of amides is 1. The Morgan fingerprint density at radius 3 is 2.61 bits per heavy atom. The molecule has 3 rings (SSSR count). The van der Waals surface area contributed by atoms with E-state index in [1.54, 1.807) is 12.4 Å². The molecule has 23 heavy (non-hydrogen) atoms. The molecule has 1 aromatic carbocycles. The number of hydrogen-bond donors (Lipinski definition) is 1. The van der Waals surface area contributed by atoms with E-state index < -0.39 is 0 Å². The SMILES string of the molecule is Cc1cnn(C(=O)N2CCN(Cc3cccc(CO)c3)CC2)c1. The number of rotatable bonds is 3. The summed E-state index contributed by atoms with van der Waals surface area (Å²) in [6.07, 6.45) is 3.46. The van der Waals surface area contributed by atoms with Gasteiger partial charge in [0.1, 0.15) is 0 Å². The minimum atomic E-state index is -0.0555. The molecule has 2 heterocycles. The van der Waals surface area contributed by atoms with E-state index in [0.717, 1.165) is 30.8 Å². The average Bonchev–Trinajstić information content (AvgIpc) is 3.01. The number of aliphatic hydroxyl groups is 1. The van der Waals surface area contributed by atoms with Gasteiger partial charge in [-0.3, -0.25) is 4.90 Å². The van der Waals surface area contributed by atoms with Gasteiger partial charge in [0, 0.05) is 38.9 Å². The van der Waals surface area contributed by atoms with Crippen molar-refractivity contribution in [2.75, 3.05) is 26.2 Å². The molecule has 1 aliphatic heterocycles. The molecule has 1 amide bonds. The zero-order valence-corrected chi connectivity index (χ0v) is 13.4. The van der Waals surface area contributed by atoms with Crippen molar-refractivity contribution in [2.24, 2.45) is 0 Å². The first kappa shape index (κ1) is 15.7. The van der Waals surface area contributed by atoms with E-state index in [1.807, 2.05) is 30.0 Å². The van der Waals surface area contributed by atoms with Crippen molar-refractivity contribution >= 4 is 6.03 Å². The molecule has 0 saturated carbocycles. The molecule has 122 valence electrons. The van der Waals surface area contributed by atoms with Crippen molar-refractivity contribution in [3.63, 3.8) is 0 Å². The summed E-state index contributed by atoms with van der Waals surface area (Å²) >= 11 is 0. The Balaban J connectivity index is 1.55. The summed E-state index contributed by atoms with van der Waals surface area (Å²) < 4.78 is 1.41. The molecule has 0 unspecified atom stereocenters. The lowest BCUT2D eigenvalue weighted by Gasteiger charge is -2.34. The second-order valence-electron chi connectivity index (χ2n) is 5.99. The van der Waals surface area contributed by atoms with E-state index in [2.05, 4.69) is 16.1 Å². The first-order valence-electron chi connectivity index (χ1n) is 7.87. The highest BCUT2D eigenvalue weighted by molar-refractivity contribution is 5.76. The smallest absolute Gasteiger partial charge is 0.344 e. The molecular formula is C17H22N4O2. The van der Waals surface area contributed by atoms with Crippen LogP contribution in [0.25, 0.3) is 0 Å². The maximum atomic E-state index is 12.3. The van der Waals surface area contributed by atoms with Crippen LogP contribution in [0.15, 0.2) is 36.7 Å². The Hall–Kier alpha value is -2.18. The van der Waals surface area contributed by atoms with Crippen LogP contribution >= 0.6 is 0 Å². The highest BCUT2D eigenvalue weighted by Gasteiger charge is 2.22. The van der Waals surface area contributed by atoms with E-state index in [4.69, 9.17) is 0 Å². The molecule has 1 fully saturated rings. The average molecular weight is 314 g/mol. The first-order valence-corrected chi connectivity index (χ1v) is 7.87. The number of hydrogen-bond acceptors (Lipinski definition) is 4. The number of carbonyl (C=O) groups is 1. The first-order chi connectivity index (χ1) is 11.2. The van der Waals surface area contributed by atoms with Crippen LogP contribution < -0.4 is 0 Å². The molecule has 6 nitrogen and oxygen atoms in total. The van der Waals surface area contributed by atoms with Crippen molar-refractivity contribution in [3.8, 4) is 0 Å². The maximum Gasteiger partial charge on any atom is 0.344 e. The van der Waals surface area contributed by atoms with Gasteiger partial charge < -0.3 is 10.0 Å². The summed E-state index contributed by atoms with van der Waals surface area (Å²) in [4.78, 5) is 16.5. The predicted octanol–water partition coefficient (Wildman–Crippen LogP) is 1.47.